The molecular weight excluding hydrogens is 362 g/mol. The van der Waals surface area contributed by atoms with Gasteiger partial charge in [-0.2, -0.15) is 4.31 Å². The van der Waals surface area contributed by atoms with Crippen molar-refractivity contribution in [2.75, 3.05) is 26.2 Å². The van der Waals surface area contributed by atoms with Gasteiger partial charge in [-0.3, -0.25) is 9.78 Å². The van der Waals surface area contributed by atoms with Crippen LogP contribution >= 0.6 is 0 Å². The van der Waals surface area contributed by atoms with Crippen molar-refractivity contribution in [3.05, 3.63) is 72.4 Å². The second-order valence-electron chi connectivity index (χ2n) is 6.39. The Hall–Kier alpha value is -2.77. The van der Waals surface area contributed by atoms with Crippen molar-refractivity contribution in [1.82, 2.24) is 14.2 Å². The minimum Gasteiger partial charge on any atom is -0.336 e. The van der Waals surface area contributed by atoms with Crippen LogP contribution in [0.4, 0.5) is 0 Å². The number of pyridine rings is 1. The number of rotatable bonds is 3. The maximum Gasteiger partial charge on any atom is 0.254 e. The molecule has 0 spiro atoms. The van der Waals surface area contributed by atoms with Gasteiger partial charge in [0.25, 0.3) is 5.91 Å². The molecule has 0 bridgehead atoms. The first-order valence-electron chi connectivity index (χ1n) is 8.75. The van der Waals surface area contributed by atoms with Crippen molar-refractivity contribution < 1.29 is 13.2 Å². The van der Waals surface area contributed by atoms with E-state index in [-0.39, 0.29) is 23.9 Å². The number of benzene rings is 2. The zero-order chi connectivity index (χ0) is 18.9. The van der Waals surface area contributed by atoms with Crippen molar-refractivity contribution in [3.63, 3.8) is 0 Å². The van der Waals surface area contributed by atoms with Gasteiger partial charge in [0.05, 0.1) is 16.0 Å². The van der Waals surface area contributed by atoms with Crippen LogP contribution in [0.25, 0.3) is 10.9 Å². The predicted molar refractivity (Wildman–Crippen MR) is 103 cm³/mol. The lowest BCUT2D eigenvalue weighted by atomic mass is 10.1. The lowest BCUT2D eigenvalue weighted by molar-refractivity contribution is 0.0700. The SMILES string of the molecule is O=C(c1ccnc2ccccc12)N1CCN(S(=O)(=O)c2ccccc2)CC1. The molecule has 1 aromatic heterocycles. The molecule has 0 N–H and O–H groups in total. The number of hydrogen-bond acceptors (Lipinski definition) is 4. The van der Waals surface area contributed by atoms with E-state index in [0.29, 0.717) is 18.7 Å². The van der Waals surface area contributed by atoms with Crippen LogP contribution in [0.15, 0.2) is 71.8 Å². The highest BCUT2D eigenvalue weighted by atomic mass is 32.2. The molecule has 3 aromatic rings. The highest BCUT2D eigenvalue weighted by Crippen LogP contribution is 2.21. The fourth-order valence-corrected chi connectivity index (χ4v) is 4.77. The second-order valence-corrected chi connectivity index (χ2v) is 8.32. The fourth-order valence-electron chi connectivity index (χ4n) is 3.33. The topological polar surface area (TPSA) is 70.6 Å². The summed E-state index contributed by atoms with van der Waals surface area (Å²) < 4.78 is 26.9. The Morgan fingerprint density at radius 1 is 0.852 bits per heavy atom. The van der Waals surface area contributed by atoms with Crippen LogP contribution in [0.5, 0.6) is 0 Å². The number of nitrogens with zero attached hydrogens (tertiary/aromatic N) is 3. The van der Waals surface area contributed by atoms with E-state index in [4.69, 9.17) is 0 Å². The number of carbonyl (C=O) groups excluding carboxylic acids is 1. The molecule has 1 saturated heterocycles. The Bertz CT molecular complexity index is 1070. The summed E-state index contributed by atoms with van der Waals surface area (Å²) in [5, 5.41) is 0.810. The highest BCUT2D eigenvalue weighted by molar-refractivity contribution is 7.89. The quantitative estimate of drug-likeness (QED) is 0.698. The van der Waals surface area contributed by atoms with Gasteiger partial charge in [0.2, 0.25) is 10.0 Å². The predicted octanol–water partition coefficient (Wildman–Crippen LogP) is 2.38. The molecule has 2 aromatic carbocycles. The average molecular weight is 381 g/mol. The van der Waals surface area contributed by atoms with Gasteiger partial charge < -0.3 is 4.90 Å². The maximum absolute atomic E-state index is 13.0. The minimum atomic E-state index is -3.53. The number of fused-ring (bicyclic) bond motifs is 1. The summed E-state index contributed by atoms with van der Waals surface area (Å²) in [6, 6.07) is 17.6. The van der Waals surface area contributed by atoms with Crippen LogP contribution in [-0.4, -0.2) is 54.7 Å². The molecule has 0 radical (unpaired) electrons. The number of para-hydroxylation sites is 1. The first kappa shape index (κ1) is 17.6. The maximum atomic E-state index is 13.0. The first-order valence-corrected chi connectivity index (χ1v) is 10.2. The van der Waals surface area contributed by atoms with Crippen molar-refractivity contribution in [1.29, 1.82) is 0 Å². The van der Waals surface area contributed by atoms with Gasteiger partial charge in [0, 0.05) is 37.8 Å². The van der Waals surface area contributed by atoms with E-state index in [1.165, 1.54) is 4.31 Å². The second kappa shape index (κ2) is 7.09. The molecule has 7 heteroatoms. The van der Waals surface area contributed by atoms with Gasteiger partial charge in [0.1, 0.15) is 0 Å². The third kappa shape index (κ3) is 3.31. The smallest absolute Gasteiger partial charge is 0.254 e. The standard InChI is InChI=1S/C20H19N3O3S/c24-20(18-10-11-21-19-9-5-4-8-17(18)19)22-12-14-23(15-13-22)27(25,26)16-6-2-1-3-7-16/h1-11H,12-15H2. The zero-order valence-corrected chi connectivity index (χ0v) is 15.5. The third-order valence-corrected chi connectivity index (χ3v) is 6.70. The summed E-state index contributed by atoms with van der Waals surface area (Å²) in [7, 11) is -3.53. The van der Waals surface area contributed by atoms with Crippen LogP contribution in [0, 0.1) is 0 Å². The number of carbonyl (C=O) groups is 1. The molecule has 138 valence electrons. The molecular formula is C20H19N3O3S. The Kier molecular flexibility index (Phi) is 4.63. The Morgan fingerprint density at radius 3 is 2.26 bits per heavy atom. The van der Waals surface area contributed by atoms with Gasteiger partial charge in [-0.05, 0) is 24.3 Å². The molecule has 27 heavy (non-hydrogen) atoms. The molecule has 6 nitrogen and oxygen atoms in total. The molecule has 1 fully saturated rings. The summed E-state index contributed by atoms with van der Waals surface area (Å²) in [5.41, 5.74) is 1.37. The Morgan fingerprint density at radius 2 is 1.52 bits per heavy atom. The molecule has 2 heterocycles. The van der Waals surface area contributed by atoms with Gasteiger partial charge in [-0.1, -0.05) is 36.4 Å². The van der Waals surface area contributed by atoms with Crippen LogP contribution in [0.3, 0.4) is 0 Å². The summed E-state index contributed by atoms with van der Waals surface area (Å²) in [6.45, 7) is 1.29. The molecule has 0 aliphatic carbocycles. The van der Waals surface area contributed by atoms with E-state index in [1.54, 1.807) is 47.5 Å². The third-order valence-electron chi connectivity index (χ3n) is 4.79. The van der Waals surface area contributed by atoms with Crippen molar-refractivity contribution in [2.24, 2.45) is 0 Å². The number of piperazine rings is 1. The van der Waals surface area contributed by atoms with Crippen molar-refractivity contribution >= 4 is 26.8 Å². The summed E-state index contributed by atoms with van der Waals surface area (Å²) in [4.78, 5) is 19.2. The lowest BCUT2D eigenvalue weighted by Gasteiger charge is -2.34. The molecule has 1 aliphatic heterocycles. The van der Waals surface area contributed by atoms with Crippen LogP contribution in [-0.2, 0) is 10.0 Å². The summed E-state index contributed by atoms with van der Waals surface area (Å²) >= 11 is 0. The number of hydrogen-bond donors (Lipinski definition) is 0. The number of sulfonamides is 1. The summed E-state index contributed by atoms with van der Waals surface area (Å²) in [6.07, 6.45) is 1.63. The molecule has 0 saturated carbocycles. The van der Waals surface area contributed by atoms with Gasteiger partial charge in [0.15, 0.2) is 0 Å². The largest absolute Gasteiger partial charge is 0.336 e. The first-order chi connectivity index (χ1) is 13.1. The van der Waals surface area contributed by atoms with Crippen LogP contribution < -0.4 is 0 Å². The van der Waals surface area contributed by atoms with Crippen molar-refractivity contribution in [2.45, 2.75) is 4.90 Å². The Labute approximate surface area is 158 Å². The molecule has 0 atom stereocenters. The normalized spacial score (nSPS) is 15.8. The van der Waals surface area contributed by atoms with E-state index >= 15 is 0 Å². The number of amides is 1. The van der Waals surface area contributed by atoms with Gasteiger partial charge in [-0.15, -0.1) is 0 Å². The molecule has 1 aliphatic rings. The van der Waals surface area contributed by atoms with Gasteiger partial charge >= 0.3 is 0 Å². The monoisotopic (exact) mass is 381 g/mol. The highest BCUT2D eigenvalue weighted by Gasteiger charge is 2.30. The van der Waals surface area contributed by atoms with Gasteiger partial charge in [-0.25, -0.2) is 8.42 Å². The Balaban J connectivity index is 1.52. The van der Waals surface area contributed by atoms with E-state index < -0.39 is 10.0 Å². The van der Waals surface area contributed by atoms with E-state index in [0.717, 1.165) is 10.9 Å². The fraction of sp³-hybridized carbons (Fsp3) is 0.200. The van der Waals surface area contributed by atoms with Crippen LogP contribution in [0.2, 0.25) is 0 Å². The number of aromatic nitrogens is 1. The summed E-state index contributed by atoms with van der Waals surface area (Å²) in [5.74, 6) is -0.0923. The van der Waals surface area contributed by atoms with Crippen LogP contribution in [0.1, 0.15) is 10.4 Å². The molecule has 0 unspecified atom stereocenters. The van der Waals surface area contributed by atoms with Crippen molar-refractivity contribution in [3.8, 4) is 0 Å². The van der Waals surface area contributed by atoms with E-state index in [9.17, 15) is 13.2 Å². The zero-order valence-electron chi connectivity index (χ0n) is 14.7. The minimum absolute atomic E-state index is 0.0923. The van der Waals surface area contributed by atoms with E-state index in [2.05, 4.69) is 4.98 Å². The average Bonchev–Trinajstić information content (AvgIpc) is 2.73. The lowest BCUT2D eigenvalue weighted by Crippen LogP contribution is -2.50. The molecule has 4 rings (SSSR count). The van der Waals surface area contributed by atoms with E-state index in [1.807, 2.05) is 24.3 Å². The molecule has 1 amide bonds.